The maximum absolute atomic E-state index is 12.4. The molecule has 2 aromatic carbocycles. The molecule has 0 aliphatic rings. The third kappa shape index (κ3) is 4.36. The number of fused-ring (bicyclic) bond motifs is 1. The third-order valence-electron chi connectivity index (χ3n) is 4.52. The first-order chi connectivity index (χ1) is 14.2. The van der Waals surface area contributed by atoms with E-state index in [1.54, 1.807) is 11.3 Å². The Labute approximate surface area is 178 Å². The van der Waals surface area contributed by atoms with Crippen LogP contribution >= 0.6 is 23.1 Å². The van der Waals surface area contributed by atoms with Crippen LogP contribution < -0.4 is 5.32 Å². The van der Waals surface area contributed by atoms with Crippen LogP contribution in [-0.4, -0.2) is 26.4 Å². The second kappa shape index (κ2) is 8.80. The molecule has 0 fully saturated rings. The minimum Gasteiger partial charge on any atom is -0.325 e. The zero-order valence-corrected chi connectivity index (χ0v) is 18.0. The Kier molecular flexibility index (Phi) is 5.97. The second-order valence-corrected chi connectivity index (χ2v) is 8.66. The van der Waals surface area contributed by atoms with Gasteiger partial charge in [0.05, 0.1) is 5.75 Å². The van der Waals surface area contributed by atoms with Crippen molar-refractivity contribution in [3.05, 3.63) is 59.5 Å². The molecule has 0 saturated heterocycles. The van der Waals surface area contributed by atoms with Crippen LogP contribution in [0.4, 0.5) is 5.69 Å². The lowest BCUT2D eigenvalue weighted by atomic mass is 10.1. The minimum atomic E-state index is -0.0471. The van der Waals surface area contributed by atoms with Gasteiger partial charge < -0.3 is 9.88 Å². The molecule has 7 heteroatoms. The monoisotopic (exact) mass is 422 g/mol. The van der Waals surface area contributed by atoms with E-state index in [9.17, 15) is 4.79 Å². The van der Waals surface area contributed by atoms with E-state index in [1.807, 2.05) is 43.3 Å². The first kappa shape index (κ1) is 19.7. The molecular weight excluding hydrogens is 400 g/mol. The molecule has 1 N–H and O–H groups in total. The molecule has 29 heavy (non-hydrogen) atoms. The van der Waals surface area contributed by atoms with Gasteiger partial charge in [-0.25, -0.2) is 0 Å². The van der Waals surface area contributed by atoms with Crippen LogP contribution in [0, 0.1) is 6.92 Å². The summed E-state index contributed by atoms with van der Waals surface area (Å²) in [5, 5.41) is 15.9. The van der Waals surface area contributed by atoms with Crippen molar-refractivity contribution in [2.45, 2.75) is 32.0 Å². The number of benzene rings is 2. The van der Waals surface area contributed by atoms with Gasteiger partial charge in [-0.05, 0) is 37.1 Å². The Morgan fingerprint density at radius 1 is 1.17 bits per heavy atom. The molecule has 4 aromatic rings. The summed E-state index contributed by atoms with van der Waals surface area (Å²) in [6.45, 7) is 4.95. The van der Waals surface area contributed by atoms with Crippen molar-refractivity contribution >= 4 is 44.8 Å². The normalized spacial score (nSPS) is 11.1. The number of hydrogen-bond acceptors (Lipinski definition) is 5. The number of carbonyl (C=O) groups excluding carboxylic acids is 1. The minimum absolute atomic E-state index is 0.0471. The molecule has 0 bridgehead atoms. The fourth-order valence-corrected chi connectivity index (χ4v) is 4.92. The van der Waals surface area contributed by atoms with E-state index >= 15 is 0 Å². The van der Waals surface area contributed by atoms with Gasteiger partial charge in [0.15, 0.2) is 11.0 Å². The van der Waals surface area contributed by atoms with Gasteiger partial charge >= 0.3 is 0 Å². The number of hydrogen-bond donors (Lipinski definition) is 1. The summed E-state index contributed by atoms with van der Waals surface area (Å²) < 4.78 is 3.36. The van der Waals surface area contributed by atoms with Crippen LogP contribution in [0.1, 0.15) is 18.9 Å². The highest BCUT2D eigenvalue weighted by atomic mass is 32.2. The maximum Gasteiger partial charge on any atom is 0.234 e. The summed E-state index contributed by atoms with van der Waals surface area (Å²) in [4.78, 5) is 12.4. The van der Waals surface area contributed by atoms with Crippen LogP contribution in [0.2, 0.25) is 0 Å². The lowest BCUT2D eigenvalue weighted by molar-refractivity contribution is -0.113. The van der Waals surface area contributed by atoms with Gasteiger partial charge in [-0.3, -0.25) is 4.79 Å². The summed E-state index contributed by atoms with van der Waals surface area (Å²) in [7, 11) is 0. The van der Waals surface area contributed by atoms with Crippen LogP contribution in [0.25, 0.3) is 21.5 Å². The molecule has 0 saturated carbocycles. The molecule has 2 aromatic heterocycles. The first-order valence-corrected chi connectivity index (χ1v) is 11.4. The molecule has 0 radical (unpaired) electrons. The predicted molar refractivity (Wildman–Crippen MR) is 122 cm³/mol. The molecule has 0 atom stereocenters. The van der Waals surface area contributed by atoms with E-state index in [4.69, 9.17) is 0 Å². The van der Waals surface area contributed by atoms with Crippen LogP contribution in [0.3, 0.4) is 0 Å². The van der Waals surface area contributed by atoms with Crippen molar-refractivity contribution in [1.29, 1.82) is 0 Å². The quantitative estimate of drug-likeness (QED) is 0.393. The number of carbonyl (C=O) groups is 1. The fraction of sp³-hybridized carbons (Fsp3) is 0.227. The summed E-state index contributed by atoms with van der Waals surface area (Å²) in [6.07, 6.45) is 0.968. The maximum atomic E-state index is 12.4. The van der Waals surface area contributed by atoms with Gasteiger partial charge in [-0.15, -0.1) is 21.5 Å². The number of thiophene rings is 1. The predicted octanol–water partition coefficient (Wildman–Crippen LogP) is 5.61. The zero-order valence-electron chi connectivity index (χ0n) is 16.4. The topological polar surface area (TPSA) is 59.8 Å². The van der Waals surface area contributed by atoms with Crippen molar-refractivity contribution in [1.82, 2.24) is 14.8 Å². The largest absolute Gasteiger partial charge is 0.325 e. The molecule has 1 amide bonds. The summed E-state index contributed by atoms with van der Waals surface area (Å²) >= 11 is 3.14. The summed E-state index contributed by atoms with van der Waals surface area (Å²) in [5.74, 6) is 1.11. The molecule has 5 nitrogen and oxygen atoms in total. The van der Waals surface area contributed by atoms with Crippen LogP contribution in [0.5, 0.6) is 0 Å². The average Bonchev–Trinajstić information content (AvgIpc) is 3.30. The van der Waals surface area contributed by atoms with E-state index < -0.39 is 0 Å². The fourth-order valence-electron chi connectivity index (χ4n) is 3.22. The molecule has 0 aliphatic carbocycles. The Balaban J connectivity index is 1.53. The number of nitrogens with one attached hydrogen (secondary N) is 1. The van der Waals surface area contributed by atoms with Crippen molar-refractivity contribution in [3.63, 3.8) is 0 Å². The van der Waals surface area contributed by atoms with Crippen molar-refractivity contribution in [2.24, 2.45) is 0 Å². The number of amides is 1. The Bertz CT molecular complexity index is 1150. The highest BCUT2D eigenvalue weighted by molar-refractivity contribution is 7.99. The zero-order chi connectivity index (χ0) is 20.2. The standard InChI is InChI=1S/C22H22N4OS2/c1-3-11-26-21(18-13-28-19-10-5-4-9-17(18)19)24-25-22(26)29-14-20(27)23-16-8-6-7-15(2)12-16/h4-10,12-13H,3,11,14H2,1-2H3,(H,23,27). The third-order valence-corrected chi connectivity index (χ3v) is 6.45. The summed E-state index contributed by atoms with van der Waals surface area (Å²) in [5.41, 5.74) is 3.03. The lowest BCUT2D eigenvalue weighted by Crippen LogP contribution is -2.14. The molecule has 148 valence electrons. The second-order valence-electron chi connectivity index (χ2n) is 6.81. The van der Waals surface area contributed by atoms with E-state index in [-0.39, 0.29) is 5.91 Å². The highest BCUT2D eigenvalue weighted by Gasteiger charge is 2.18. The van der Waals surface area contributed by atoms with Crippen molar-refractivity contribution in [3.8, 4) is 11.4 Å². The Morgan fingerprint density at radius 2 is 2.03 bits per heavy atom. The van der Waals surface area contributed by atoms with Crippen LogP contribution in [-0.2, 0) is 11.3 Å². The van der Waals surface area contributed by atoms with E-state index in [1.165, 1.54) is 21.8 Å². The molecule has 0 aliphatic heterocycles. The van der Waals surface area contributed by atoms with Gasteiger partial charge in [0, 0.05) is 33.3 Å². The smallest absolute Gasteiger partial charge is 0.234 e. The Morgan fingerprint density at radius 3 is 2.86 bits per heavy atom. The van der Waals surface area contributed by atoms with E-state index in [0.717, 1.165) is 40.8 Å². The van der Waals surface area contributed by atoms with Crippen molar-refractivity contribution < 1.29 is 4.79 Å². The lowest BCUT2D eigenvalue weighted by Gasteiger charge is -2.09. The van der Waals surface area contributed by atoms with E-state index in [0.29, 0.717) is 5.75 Å². The van der Waals surface area contributed by atoms with E-state index in [2.05, 4.69) is 44.5 Å². The van der Waals surface area contributed by atoms with Gasteiger partial charge in [0.25, 0.3) is 0 Å². The average molecular weight is 423 g/mol. The van der Waals surface area contributed by atoms with Gasteiger partial charge in [0.2, 0.25) is 5.91 Å². The highest BCUT2D eigenvalue weighted by Crippen LogP contribution is 2.34. The number of thioether (sulfide) groups is 1. The molecule has 0 unspecified atom stereocenters. The van der Waals surface area contributed by atoms with Gasteiger partial charge in [-0.2, -0.15) is 0 Å². The molecular formula is C22H22N4OS2. The Hall–Kier alpha value is -2.64. The number of aromatic nitrogens is 3. The molecule has 2 heterocycles. The number of nitrogens with zero attached hydrogens (tertiary/aromatic N) is 3. The summed E-state index contributed by atoms with van der Waals surface area (Å²) in [6, 6.07) is 16.1. The number of rotatable bonds is 7. The van der Waals surface area contributed by atoms with Crippen LogP contribution in [0.15, 0.2) is 59.1 Å². The van der Waals surface area contributed by atoms with Crippen molar-refractivity contribution in [2.75, 3.05) is 11.1 Å². The number of aryl methyl sites for hydroxylation is 1. The van der Waals surface area contributed by atoms with Gasteiger partial charge in [-0.1, -0.05) is 49.0 Å². The van der Waals surface area contributed by atoms with Gasteiger partial charge in [0.1, 0.15) is 0 Å². The SMILES string of the molecule is CCCn1c(SCC(=O)Nc2cccc(C)c2)nnc1-c1csc2ccccc12. The first-order valence-electron chi connectivity index (χ1n) is 9.55. The molecule has 0 spiro atoms. The molecule has 4 rings (SSSR count). The number of anilines is 1.